The number of carbonyl (C=O) groups is 2. The zero-order chi connectivity index (χ0) is 16.4. The summed E-state index contributed by atoms with van der Waals surface area (Å²) in [6, 6.07) is 10.8. The van der Waals surface area contributed by atoms with Gasteiger partial charge in [-0.15, -0.1) is 5.10 Å². The molecule has 114 valence electrons. The van der Waals surface area contributed by atoms with Crippen LogP contribution < -0.4 is 0 Å². The molecule has 3 rings (SSSR count). The number of hydrogen-bond donors (Lipinski definition) is 1. The van der Waals surface area contributed by atoms with Crippen molar-refractivity contribution in [2.75, 3.05) is 0 Å². The topological polar surface area (TPSA) is 98.0 Å². The molecule has 0 unspecified atom stereocenters. The summed E-state index contributed by atoms with van der Waals surface area (Å²) in [7, 11) is 1.65. The lowest BCUT2D eigenvalue weighted by Gasteiger charge is -2.05. The predicted molar refractivity (Wildman–Crippen MR) is 83.3 cm³/mol. The summed E-state index contributed by atoms with van der Waals surface area (Å²) in [5.41, 5.74) is 1.45. The molecule has 0 saturated heterocycles. The van der Waals surface area contributed by atoms with E-state index in [4.69, 9.17) is 5.11 Å². The van der Waals surface area contributed by atoms with Crippen molar-refractivity contribution < 1.29 is 14.7 Å². The minimum Gasteiger partial charge on any atom is -0.475 e. The summed E-state index contributed by atoms with van der Waals surface area (Å²) in [5, 5.41) is 17.4. The Morgan fingerprint density at radius 1 is 1.17 bits per heavy atom. The fourth-order valence-corrected chi connectivity index (χ4v) is 2.16. The Morgan fingerprint density at radius 3 is 2.65 bits per heavy atom. The molecule has 1 N–H and O–H groups in total. The number of carbonyl (C=O) groups excluding carboxylic acids is 1. The van der Waals surface area contributed by atoms with Crippen molar-refractivity contribution in [3.05, 3.63) is 54.0 Å². The van der Waals surface area contributed by atoms with Crippen LogP contribution in [0.15, 0.2) is 42.6 Å². The third kappa shape index (κ3) is 2.84. The summed E-state index contributed by atoms with van der Waals surface area (Å²) in [5.74, 6) is -2.57. The third-order valence-electron chi connectivity index (χ3n) is 3.35. The number of nitrogens with zero attached hydrogens (tertiary/aromatic N) is 4. The Kier molecular flexibility index (Phi) is 3.68. The van der Waals surface area contributed by atoms with Crippen LogP contribution in [0.2, 0.25) is 0 Å². The van der Waals surface area contributed by atoms with Gasteiger partial charge in [-0.05, 0) is 18.2 Å². The molecule has 0 bridgehead atoms. The van der Waals surface area contributed by atoms with Crippen LogP contribution in [0.5, 0.6) is 0 Å². The van der Waals surface area contributed by atoms with Crippen molar-refractivity contribution >= 4 is 34.3 Å². The fourth-order valence-electron chi connectivity index (χ4n) is 2.16. The number of pyridine rings is 1. The lowest BCUT2D eigenvalue weighted by Crippen LogP contribution is -2.15. The first kappa shape index (κ1) is 14.6. The summed E-state index contributed by atoms with van der Waals surface area (Å²) in [6.07, 6.45) is 2.86. The van der Waals surface area contributed by atoms with Gasteiger partial charge in [-0.3, -0.25) is 4.79 Å². The second-order valence-corrected chi connectivity index (χ2v) is 4.86. The quantitative estimate of drug-likeness (QED) is 0.580. The van der Waals surface area contributed by atoms with Crippen LogP contribution in [0.3, 0.4) is 0 Å². The number of carboxylic acids is 1. The number of hydrogen-bond acceptors (Lipinski definition) is 5. The van der Waals surface area contributed by atoms with Crippen molar-refractivity contribution in [1.82, 2.24) is 20.0 Å². The van der Waals surface area contributed by atoms with Crippen LogP contribution in [0.4, 0.5) is 0 Å². The zero-order valence-electron chi connectivity index (χ0n) is 12.2. The van der Waals surface area contributed by atoms with Crippen molar-refractivity contribution in [3.63, 3.8) is 0 Å². The molecule has 7 nitrogen and oxygen atoms in total. The maximum Gasteiger partial charge on any atom is 0.377 e. The van der Waals surface area contributed by atoms with Gasteiger partial charge in [0.2, 0.25) is 0 Å². The molecule has 23 heavy (non-hydrogen) atoms. The average Bonchev–Trinajstić information content (AvgIpc) is 2.96. The summed E-state index contributed by atoms with van der Waals surface area (Å²) in [6.45, 7) is 0. The Balaban J connectivity index is 2.17. The highest BCUT2D eigenvalue weighted by molar-refractivity contribution is 6.52. The largest absolute Gasteiger partial charge is 0.475 e. The molecular formula is C16H12N4O3. The normalized spacial score (nSPS) is 11.6. The van der Waals surface area contributed by atoms with E-state index in [-0.39, 0.29) is 11.3 Å². The molecule has 0 radical (unpaired) electrons. The highest BCUT2D eigenvalue weighted by Gasteiger charge is 2.21. The van der Waals surface area contributed by atoms with E-state index in [0.717, 1.165) is 5.39 Å². The van der Waals surface area contributed by atoms with E-state index in [1.807, 2.05) is 18.2 Å². The van der Waals surface area contributed by atoms with Crippen LogP contribution in [-0.4, -0.2) is 36.8 Å². The number of aliphatic carboxylic acids is 1. The Bertz CT molecular complexity index is 943. The average molecular weight is 308 g/mol. The van der Waals surface area contributed by atoms with Gasteiger partial charge in [0, 0.05) is 12.4 Å². The molecule has 0 saturated carbocycles. The lowest BCUT2D eigenvalue weighted by atomic mass is 10.0. The van der Waals surface area contributed by atoms with E-state index >= 15 is 0 Å². The lowest BCUT2D eigenvalue weighted by molar-refractivity contribution is -0.146. The molecular weight excluding hydrogens is 296 g/mol. The monoisotopic (exact) mass is 308 g/mol. The van der Waals surface area contributed by atoms with Crippen LogP contribution in [-0.2, 0) is 16.6 Å². The van der Waals surface area contributed by atoms with Gasteiger partial charge in [0.1, 0.15) is 0 Å². The Labute approximate surface area is 130 Å². The molecule has 0 spiro atoms. The van der Waals surface area contributed by atoms with Crippen molar-refractivity contribution in [1.29, 1.82) is 0 Å². The minimum atomic E-state index is -1.54. The van der Waals surface area contributed by atoms with Gasteiger partial charge < -0.3 is 5.11 Å². The second kappa shape index (κ2) is 5.80. The summed E-state index contributed by atoms with van der Waals surface area (Å²) >= 11 is 0. The van der Waals surface area contributed by atoms with Crippen molar-refractivity contribution in [2.45, 2.75) is 0 Å². The van der Waals surface area contributed by atoms with Gasteiger partial charge in [-0.2, -0.15) is 0 Å². The predicted octanol–water partition coefficient (Wildman–Crippen LogP) is 1.56. The number of Topliss-reactive ketones (excluding diaryl/α,β-unsaturated/α-hetero) is 1. The van der Waals surface area contributed by atoms with Crippen molar-refractivity contribution in [3.8, 4) is 0 Å². The van der Waals surface area contributed by atoms with Crippen LogP contribution in [0.1, 0.15) is 11.4 Å². The van der Waals surface area contributed by atoms with Gasteiger partial charge in [-0.1, -0.05) is 29.5 Å². The van der Waals surface area contributed by atoms with E-state index in [9.17, 15) is 9.59 Å². The summed E-state index contributed by atoms with van der Waals surface area (Å²) in [4.78, 5) is 27.6. The number of aromatic nitrogens is 4. The standard InChI is InChI=1S/C16H12N4O3/c1-20-11(9-17-19-20)8-12(15(21)16(22)23)14-7-6-10-4-2-3-5-13(10)18-14/h2-9H,1H3,(H,22,23)/b12-8+. The van der Waals surface area contributed by atoms with E-state index in [1.165, 1.54) is 17.0 Å². The SMILES string of the molecule is Cn1nncc1/C=C(/C(=O)C(=O)O)c1ccc2ccccc2n1. The number of ketones is 1. The highest BCUT2D eigenvalue weighted by atomic mass is 16.4. The molecule has 0 fully saturated rings. The zero-order valence-corrected chi connectivity index (χ0v) is 12.2. The Hall–Kier alpha value is -3.35. The van der Waals surface area contributed by atoms with E-state index in [0.29, 0.717) is 11.2 Å². The van der Waals surface area contributed by atoms with Gasteiger partial charge in [0.25, 0.3) is 5.78 Å². The van der Waals surface area contributed by atoms with Gasteiger partial charge in [0.05, 0.1) is 28.7 Å². The molecule has 1 aromatic carbocycles. The van der Waals surface area contributed by atoms with E-state index in [1.54, 1.807) is 25.2 Å². The first-order valence-corrected chi connectivity index (χ1v) is 6.76. The van der Waals surface area contributed by atoms with Gasteiger partial charge in [0.15, 0.2) is 0 Å². The minimum absolute atomic E-state index is 0.0198. The number of fused-ring (bicyclic) bond motifs is 1. The smallest absolute Gasteiger partial charge is 0.377 e. The van der Waals surface area contributed by atoms with Gasteiger partial charge in [-0.25, -0.2) is 14.5 Å². The molecule has 7 heteroatoms. The first-order valence-electron chi connectivity index (χ1n) is 6.76. The second-order valence-electron chi connectivity index (χ2n) is 4.86. The van der Waals surface area contributed by atoms with Crippen LogP contribution in [0.25, 0.3) is 22.6 Å². The summed E-state index contributed by atoms with van der Waals surface area (Å²) < 4.78 is 1.44. The Morgan fingerprint density at radius 2 is 1.96 bits per heavy atom. The number of aryl methyl sites for hydroxylation is 1. The first-order chi connectivity index (χ1) is 11.1. The number of para-hydroxylation sites is 1. The van der Waals surface area contributed by atoms with Crippen LogP contribution in [0, 0.1) is 0 Å². The van der Waals surface area contributed by atoms with E-state index in [2.05, 4.69) is 15.3 Å². The molecule has 0 aliphatic rings. The fraction of sp³-hybridized carbons (Fsp3) is 0.0625. The molecule has 0 atom stereocenters. The van der Waals surface area contributed by atoms with Gasteiger partial charge >= 0.3 is 5.97 Å². The highest BCUT2D eigenvalue weighted by Crippen LogP contribution is 2.20. The number of benzene rings is 1. The molecule has 3 aromatic rings. The van der Waals surface area contributed by atoms with Crippen molar-refractivity contribution in [2.24, 2.45) is 7.05 Å². The molecule has 0 amide bonds. The number of rotatable bonds is 4. The van der Waals surface area contributed by atoms with E-state index < -0.39 is 11.8 Å². The molecule has 0 aliphatic heterocycles. The molecule has 2 aromatic heterocycles. The molecule has 2 heterocycles. The molecule has 0 aliphatic carbocycles. The van der Waals surface area contributed by atoms with Crippen LogP contribution >= 0.6 is 0 Å². The maximum atomic E-state index is 12.1. The third-order valence-corrected chi connectivity index (χ3v) is 3.35. The number of carboxylic acid groups (broad SMARTS) is 1. The maximum absolute atomic E-state index is 12.1.